The Bertz CT molecular complexity index is 511. The molecule has 2 rings (SSSR count). The lowest BCUT2D eigenvalue weighted by Crippen LogP contribution is -2.41. The van der Waals surface area contributed by atoms with E-state index in [1.54, 1.807) is 0 Å². The number of aryl methyl sites for hydroxylation is 1. The highest BCUT2D eigenvalue weighted by molar-refractivity contribution is 5.79. The van der Waals surface area contributed by atoms with Gasteiger partial charge in [0.2, 0.25) is 0 Å². The molecule has 0 aliphatic carbocycles. The normalized spacial score (nSPS) is 18.0. The van der Waals surface area contributed by atoms with Gasteiger partial charge in [-0.2, -0.15) is 0 Å². The van der Waals surface area contributed by atoms with Crippen LogP contribution < -0.4 is 15.4 Å². The molecular formula is C18H29N3O2. The van der Waals surface area contributed by atoms with E-state index in [9.17, 15) is 0 Å². The van der Waals surface area contributed by atoms with Crippen molar-refractivity contribution in [2.24, 2.45) is 4.99 Å². The van der Waals surface area contributed by atoms with E-state index in [1.165, 1.54) is 5.56 Å². The van der Waals surface area contributed by atoms with Crippen LogP contribution >= 0.6 is 0 Å². The molecule has 1 aromatic rings. The standard InChI is InChI=1S/C18H29N3O2/c1-4-19-18(21-13-16-7-6-10-23-16)20-12-15-8-9-17(22-5-2)14(3)11-15/h8-9,11,16H,4-7,10,12-13H2,1-3H3,(H2,19,20,21). The van der Waals surface area contributed by atoms with Gasteiger partial charge in [0.15, 0.2) is 5.96 Å². The summed E-state index contributed by atoms with van der Waals surface area (Å²) in [5, 5.41) is 6.65. The average molecular weight is 319 g/mol. The minimum Gasteiger partial charge on any atom is -0.494 e. The zero-order valence-corrected chi connectivity index (χ0v) is 14.5. The number of nitrogens with one attached hydrogen (secondary N) is 2. The second-order valence-electron chi connectivity index (χ2n) is 5.74. The first-order chi connectivity index (χ1) is 11.2. The van der Waals surface area contributed by atoms with Crippen molar-refractivity contribution in [3.63, 3.8) is 0 Å². The van der Waals surface area contributed by atoms with Gasteiger partial charge in [0.1, 0.15) is 5.75 Å². The number of hydrogen-bond donors (Lipinski definition) is 2. The molecule has 2 N–H and O–H groups in total. The van der Waals surface area contributed by atoms with Gasteiger partial charge < -0.3 is 20.1 Å². The highest BCUT2D eigenvalue weighted by Crippen LogP contribution is 2.19. The molecule has 0 radical (unpaired) electrons. The van der Waals surface area contributed by atoms with Gasteiger partial charge in [-0.05, 0) is 50.8 Å². The number of guanidine groups is 1. The van der Waals surface area contributed by atoms with Gasteiger partial charge in [-0.1, -0.05) is 12.1 Å². The van der Waals surface area contributed by atoms with E-state index >= 15 is 0 Å². The molecule has 0 aromatic heterocycles. The van der Waals surface area contributed by atoms with Crippen LogP contribution in [0.5, 0.6) is 5.75 Å². The quantitative estimate of drug-likeness (QED) is 0.599. The monoisotopic (exact) mass is 319 g/mol. The largest absolute Gasteiger partial charge is 0.494 e. The SMILES string of the molecule is CCNC(=NCc1ccc(OCC)c(C)c1)NCC1CCCO1. The Morgan fingerprint density at radius 2 is 2.22 bits per heavy atom. The summed E-state index contributed by atoms with van der Waals surface area (Å²) in [6, 6.07) is 6.24. The molecule has 1 heterocycles. The van der Waals surface area contributed by atoms with Crippen LogP contribution in [0.2, 0.25) is 0 Å². The lowest BCUT2D eigenvalue weighted by Gasteiger charge is -2.15. The minimum absolute atomic E-state index is 0.312. The maximum atomic E-state index is 5.64. The third-order valence-corrected chi connectivity index (χ3v) is 3.82. The topological polar surface area (TPSA) is 54.9 Å². The molecule has 1 saturated heterocycles. The van der Waals surface area contributed by atoms with Crippen molar-refractivity contribution in [1.29, 1.82) is 0 Å². The number of nitrogens with zero attached hydrogens (tertiary/aromatic N) is 1. The Hall–Kier alpha value is -1.75. The first-order valence-electron chi connectivity index (χ1n) is 8.59. The van der Waals surface area contributed by atoms with Crippen molar-refractivity contribution in [2.45, 2.75) is 46.3 Å². The van der Waals surface area contributed by atoms with E-state index in [2.05, 4.69) is 41.6 Å². The van der Waals surface area contributed by atoms with Gasteiger partial charge >= 0.3 is 0 Å². The fourth-order valence-corrected chi connectivity index (χ4v) is 2.66. The minimum atomic E-state index is 0.312. The Kier molecular flexibility index (Phi) is 7.20. The molecule has 1 unspecified atom stereocenters. The summed E-state index contributed by atoms with van der Waals surface area (Å²) in [5.41, 5.74) is 2.33. The van der Waals surface area contributed by atoms with Crippen molar-refractivity contribution >= 4 is 5.96 Å². The van der Waals surface area contributed by atoms with Gasteiger partial charge in [0.05, 0.1) is 19.3 Å². The van der Waals surface area contributed by atoms with E-state index in [4.69, 9.17) is 9.47 Å². The summed E-state index contributed by atoms with van der Waals surface area (Å²) in [4.78, 5) is 4.66. The molecule has 0 spiro atoms. The average Bonchev–Trinajstić information content (AvgIpc) is 3.06. The Balaban J connectivity index is 1.91. The van der Waals surface area contributed by atoms with Crippen LogP contribution in [0.25, 0.3) is 0 Å². The number of rotatable bonds is 7. The summed E-state index contributed by atoms with van der Waals surface area (Å²) in [7, 11) is 0. The Morgan fingerprint density at radius 1 is 1.35 bits per heavy atom. The van der Waals surface area contributed by atoms with E-state index in [1.807, 2.05) is 13.0 Å². The summed E-state index contributed by atoms with van der Waals surface area (Å²) < 4.78 is 11.2. The molecule has 0 bridgehead atoms. The van der Waals surface area contributed by atoms with Gasteiger partial charge in [0, 0.05) is 19.7 Å². The number of benzene rings is 1. The van der Waals surface area contributed by atoms with Crippen molar-refractivity contribution in [2.75, 3.05) is 26.3 Å². The molecule has 128 valence electrons. The fourth-order valence-electron chi connectivity index (χ4n) is 2.66. The maximum Gasteiger partial charge on any atom is 0.191 e. The Morgan fingerprint density at radius 3 is 2.87 bits per heavy atom. The lowest BCUT2D eigenvalue weighted by atomic mass is 10.1. The van der Waals surface area contributed by atoms with E-state index in [0.717, 1.165) is 49.8 Å². The molecule has 1 atom stereocenters. The first kappa shape index (κ1) is 17.6. The smallest absolute Gasteiger partial charge is 0.191 e. The molecule has 5 nitrogen and oxygen atoms in total. The molecule has 23 heavy (non-hydrogen) atoms. The highest BCUT2D eigenvalue weighted by atomic mass is 16.5. The van der Waals surface area contributed by atoms with E-state index in [-0.39, 0.29) is 0 Å². The number of aliphatic imine (C=N–C) groups is 1. The van der Waals surface area contributed by atoms with Crippen molar-refractivity contribution in [3.8, 4) is 5.75 Å². The van der Waals surface area contributed by atoms with Crippen LogP contribution in [0.4, 0.5) is 0 Å². The second-order valence-corrected chi connectivity index (χ2v) is 5.74. The van der Waals surface area contributed by atoms with Gasteiger partial charge in [-0.3, -0.25) is 0 Å². The van der Waals surface area contributed by atoms with Gasteiger partial charge in [0.25, 0.3) is 0 Å². The third-order valence-electron chi connectivity index (χ3n) is 3.82. The molecule has 0 saturated carbocycles. The van der Waals surface area contributed by atoms with Crippen molar-refractivity contribution < 1.29 is 9.47 Å². The van der Waals surface area contributed by atoms with Crippen LogP contribution in [0, 0.1) is 6.92 Å². The van der Waals surface area contributed by atoms with Gasteiger partial charge in [-0.25, -0.2) is 4.99 Å². The molecule has 1 aromatic carbocycles. The molecule has 1 aliphatic heterocycles. The summed E-state index contributed by atoms with van der Waals surface area (Å²) in [6.07, 6.45) is 2.60. The summed E-state index contributed by atoms with van der Waals surface area (Å²) >= 11 is 0. The van der Waals surface area contributed by atoms with E-state index in [0.29, 0.717) is 19.3 Å². The molecular weight excluding hydrogens is 290 g/mol. The summed E-state index contributed by atoms with van der Waals surface area (Å²) in [5.74, 6) is 1.79. The van der Waals surface area contributed by atoms with E-state index < -0.39 is 0 Å². The van der Waals surface area contributed by atoms with Crippen LogP contribution in [0.3, 0.4) is 0 Å². The highest BCUT2D eigenvalue weighted by Gasteiger charge is 2.15. The number of ether oxygens (including phenoxy) is 2. The zero-order chi connectivity index (χ0) is 16.5. The molecule has 1 aliphatic rings. The second kappa shape index (κ2) is 9.40. The maximum absolute atomic E-state index is 5.64. The van der Waals surface area contributed by atoms with Crippen LogP contribution in [0.1, 0.15) is 37.8 Å². The fraction of sp³-hybridized carbons (Fsp3) is 0.611. The number of hydrogen-bond acceptors (Lipinski definition) is 3. The van der Waals surface area contributed by atoms with Crippen molar-refractivity contribution in [3.05, 3.63) is 29.3 Å². The van der Waals surface area contributed by atoms with Crippen molar-refractivity contribution in [1.82, 2.24) is 10.6 Å². The Labute approximate surface area is 139 Å². The summed E-state index contributed by atoms with van der Waals surface area (Å²) in [6.45, 7) is 10.0. The predicted octanol–water partition coefficient (Wildman–Crippen LogP) is 2.63. The molecule has 1 fully saturated rings. The molecule has 5 heteroatoms. The first-order valence-corrected chi connectivity index (χ1v) is 8.59. The van der Waals surface area contributed by atoms with Gasteiger partial charge in [-0.15, -0.1) is 0 Å². The lowest BCUT2D eigenvalue weighted by molar-refractivity contribution is 0.114. The van der Waals surface area contributed by atoms with Crippen LogP contribution in [0.15, 0.2) is 23.2 Å². The van der Waals surface area contributed by atoms with Crippen LogP contribution in [-0.2, 0) is 11.3 Å². The zero-order valence-electron chi connectivity index (χ0n) is 14.5. The predicted molar refractivity (Wildman–Crippen MR) is 94.1 cm³/mol. The third kappa shape index (κ3) is 5.75. The van der Waals surface area contributed by atoms with Crippen LogP contribution in [-0.4, -0.2) is 38.4 Å². The molecule has 0 amide bonds.